The van der Waals surface area contributed by atoms with Crippen LogP contribution in [0.3, 0.4) is 0 Å². The van der Waals surface area contributed by atoms with Crippen molar-refractivity contribution in [1.29, 1.82) is 0 Å². The summed E-state index contributed by atoms with van der Waals surface area (Å²) in [5.41, 5.74) is 3.96. The number of benzene rings is 3. The van der Waals surface area contributed by atoms with E-state index in [0.29, 0.717) is 16.3 Å². The van der Waals surface area contributed by atoms with Crippen molar-refractivity contribution in [2.45, 2.75) is 0 Å². The van der Waals surface area contributed by atoms with E-state index < -0.39 is 0 Å². The molecule has 2 heterocycles. The van der Waals surface area contributed by atoms with Gasteiger partial charge in [0.25, 0.3) is 0 Å². The molecule has 0 radical (unpaired) electrons. The van der Waals surface area contributed by atoms with Crippen LogP contribution < -0.4 is 0 Å². The molecule has 0 fully saturated rings. The van der Waals surface area contributed by atoms with Gasteiger partial charge in [0.05, 0.1) is 11.4 Å². The van der Waals surface area contributed by atoms with Gasteiger partial charge in [-0.2, -0.15) is 5.10 Å². The number of nitrogens with zero attached hydrogens (tertiary/aromatic N) is 2. The minimum atomic E-state index is -0.331. The second-order valence-corrected chi connectivity index (χ2v) is 8.02. The monoisotopic (exact) mass is 468 g/mol. The minimum Gasteiger partial charge on any atom is -0.453 e. The first-order valence-corrected chi connectivity index (χ1v) is 10.9. The van der Waals surface area contributed by atoms with Crippen LogP contribution in [-0.4, -0.2) is 15.6 Å². The average Bonchev–Trinajstić information content (AvgIpc) is 3.52. The fourth-order valence-corrected chi connectivity index (χ4v) is 3.67. The smallest absolute Gasteiger partial charge is 0.221 e. The summed E-state index contributed by atoms with van der Waals surface area (Å²) in [4.78, 5) is 12.8. The zero-order valence-corrected chi connectivity index (χ0v) is 18.6. The molecular weight excluding hydrogens is 451 g/mol. The molecule has 0 saturated heterocycles. The molecule has 0 saturated carbocycles. The lowest BCUT2D eigenvalue weighted by molar-refractivity contribution is 0.102. The van der Waals surface area contributed by atoms with Gasteiger partial charge in [0, 0.05) is 27.9 Å². The number of hydrogen-bond acceptors (Lipinski definition) is 3. The zero-order chi connectivity index (χ0) is 23.5. The first kappa shape index (κ1) is 21.6. The Bertz CT molecular complexity index is 1470. The van der Waals surface area contributed by atoms with Crippen molar-refractivity contribution in [3.63, 3.8) is 0 Å². The van der Waals surface area contributed by atoms with E-state index in [1.165, 1.54) is 18.2 Å². The summed E-state index contributed by atoms with van der Waals surface area (Å²) >= 11 is 6.05. The maximum Gasteiger partial charge on any atom is 0.221 e. The lowest BCUT2D eigenvalue weighted by atomic mass is 10.1. The van der Waals surface area contributed by atoms with Gasteiger partial charge < -0.3 is 4.42 Å². The van der Waals surface area contributed by atoms with Gasteiger partial charge in [-0.1, -0.05) is 41.9 Å². The zero-order valence-electron chi connectivity index (χ0n) is 17.9. The normalized spacial score (nSPS) is 11.2. The molecule has 166 valence electrons. The number of halogens is 2. The topological polar surface area (TPSA) is 48.0 Å². The average molecular weight is 469 g/mol. The van der Waals surface area contributed by atoms with Crippen LogP contribution >= 0.6 is 11.6 Å². The highest BCUT2D eigenvalue weighted by atomic mass is 35.5. The number of aromatic nitrogens is 2. The number of allylic oxidation sites excluding steroid dienone is 1. The van der Waals surface area contributed by atoms with Crippen LogP contribution in [-0.2, 0) is 0 Å². The number of para-hydroxylation sites is 1. The summed E-state index contributed by atoms with van der Waals surface area (Å²) in [6.07, 6.45) is 5.05. The van der Waals surface area contributed by atoms with E-state index >= 15 is 0 Å². The van der Waals surface area contributed by atoms with Crippen molar-refractivity contribution < 1.29 is 13.6 Å². The SMILES string of the molecule is O=C(C=Cc1cn(-c2ccccc2)nc1-c1ccc(Cl)cc1)c1ccc(-c2ccc(F)cc2)o1. The van der Waals surface area contributed by atoms with Crippen LogP contribution in [0.2, 0.25) is 5.02 Å². The van der Waals surface area contributed by atoms with Crippen LogP contribution in [0.1, 0.15) is 16.1 Å². The van der Waals surface area contributed by atoms with E-state index in [4.69, 9.17) is 21.1 Å². The molecular formula is C28H18ClFN2O2. The Hall–Kier alpha value is -4.22. The van der Waals surface area contributed by atoms with Crippen molar-refractivity contribution in [2.24, 2.45) is 0 Å². The Labute approximate surface area is 200 Å². The first-order chi connectivity index (χ1) is 16.6. The quantitative estimate of drug-likeness (QED) is 0.191. The highest BCUT2D eigenvalue weighted by molar-refractivity contribution is 6.30. The van der Waals surface area contributed by atoms with Crippen molar-refractivity contribution in [2.75, 3.05) is 0 Å². The molecule has 0 bridgehead atoms. The van der Waals surface area contributed by atoms with Crippen molar-refractivity contribution >= 4 is 23.5 Å². The van der Waals surface area contributed by atoms with Gasteiger partial charge in [-0.25, -0.2) is 9.07 Å². The van der Waals surface area contributed by atoms with E-state index in [2.05, 4.69) is 0 Å². The van der Waals surface area contributed by atoms with E-state index in [1.807, 2.05) is 48.7 Å². The standard InChI is InChI=1S/C28H18ClFN2O2/c29-22-11-6-20(7-12-22)28-21(18-32(31-28)24-4-2-1-3-5-24)10-15-25(33)27-17-16-26(34-27)19-8-13-23(30)14-9-19/h1-18H. The summed E-state index contributed by atoms with van der Waals surface area (Å²) in [6, 6.07) is 26.3. The fraction of sp³-hybridized carbons (Fsp3) is 0. The van der Waals surface area contributed by atoms with Gasteiger partial charge >= 0.3 is 0 Å². The number of furan rings is 1. The first-order valence-electron chi connectivity index (χ1n) is 10.6. The molecule has 0 aliphatic carbocycles. The fourth-order valence-electron chi connectivity index (χ4n) is 3.54. The third-order valence-electron chi connectivity index (χ3n) is 5.27. The number of rotatable bonds is 6. The van der Waals surface area contributed by atoms with Gasteiger partial charge in [-0.15, -0.1) is 0 Å². The second kappa shape index (κ2) is 9.33. The van der Waals surface area contributed by atoms with Gasteiger partial charge in [0.15, 0.2) is 5.76 Å². The number of carbonyl (C=O) groups excluding carboxylic acids is 1. The van der Waals surface area contributed by atoms with Crippen LogP contribution in [0, 0.1) is 5.82 Å². The predicted octanol–water partition coefficient (Wildman–Crippen LogP) is 7.49. The molecule has 0 aliphatic heterocycles. The molecule has 0 unspecified atom stereocenters. The predicted molar refractivity (Wildman–Crippen MR) is 131 cm³/mol. The van der Waals surface area contributed by atoms with E-state index in [9.17, 15) is 9.18 Å². The highest BCUT2D eigenvalue weighted by Gasteiger charge is 2.13. The summed E-state index contributed by atoms with van der Waals surface area (Å²) < 4.78 is 20.7. The lowest BCUT2D eigenvalue weighted by Crippen LogP contribution is -1.93. The third kappa shape index (κ3) is 4.60. The Kier molecular flexibility index (Phi) is 5.93. The second-order valence-electron chi connectivity index (χ2n) is 7.59. The Morgan fingerprint density at radius 1 is 0.882 bits per heavy atom. The number of carbonyl (C=O) groups is 1. The molecule has 4 nitrogen and oxygen atoms in total. The Balaban J connectivity index is 1.45. The number of ketones is 1. The van der Waals surface area contributed by atoms with Crippen molar-refractivity contribution in [3.8, 4) is 28.3 Å². The van der Waals surface area contributed by atoms with Crippen LogP contribution in [0.25, 0.3) is 34.3 Å². The molecule has 0 N–H and O–H groups in total. The molecule has 5 aromatic rings. The van der Waals surface area contributed by atoms with Gasteiger partial charge in [-0.3, -0.25) is 4.79 Å². The van der Waals surface area contributed by atoms with E-state index in [-0.39, 0.29) is 17.4 Å². The number of hydrogen-bond donors (Lipinski definition) is 0. The lowest BCUT2D eigenvalue weighted by Gasteiger charge is -2.00. The van der Waals surface area contributed by atoms with E-state index in [0.717, 1.165) is 22.5 Å². The molecule has 0 aliphatic rings. The third-order valence-corrected chi connectivity index (χ3v) is 5.52. The van der Waals surface area contributed by atoms with E-state index in [1.54, 1.807) is 47.2 Å². The largest absolute Gasteiger partial charge is 0.453 e. The van der Waals surface area contributed by atoms with Gasteiger partial charge in [0.1, 0.15) is 11.6 Å². The van der Waals surface area contributed by atoms with Crippen LogP contribution in [0.5, 0.6) is 0 Å². The molecule has 5 rings (SSSR count). The van der Waals surface area contributed by atoms with Crippen molar-refractivity contribution in [1.82, 2.24) is 9.78 Å². The summed E-state index contributed by atoms with van der Waals surface area (Å²) in [5.74, 6) is 0.0690. The maximum atomic E-state index is 13.2. The molecule has 0 amide bonds. The minimum absolute atomic E-state index is 0.194. The van der Waals surface area contributed by atoms with Gasteiger partial charge in [0.2, 0.25) is 5.78 Å². The Morgan fingerprint density at radius 2 is 1.59 bits per heavy atom. The van der Waals surface area contributed by atoms with Crippen LogP contribution in [0.4, 0.5) is 4.39 Å². The highest BCUT2D eigenvalue weighted by Crippen LogP contribution is 2.27. The molecule has 0 atom stereocenters. The molecule has 3 aromatic carbocycles. The molecule has 6 heteroatoms. The van der Waals surface area contributed by atoms with Crippen molar-refractivity contribution in [3.05, 3.63) is 125 Å². The Morgan fingerprint density at radius 3 is 2.32 bits per heavy atom. The molecule has 2 aromatic heterocycles. The molecule has 34 heavy (non-hydrogen) atoms. The summed E-state index contributed by atoms with van der Waals surface area (Å²) in [7, 11) is 0. The molecule has 0 spiro atoms. The summed E-state index contributed by atoms with van der Waals surface area (Å²) in [5, 5.41) is 5.37. The van der Waals surface area contributed by atoms with Gasteiger partial charge in [-0.05, 0) is 72.8 Å². The van der Waals surface area contributed by atoms with Crippen LogP contribution in [0.15, 0.2) is 108 Å². The maximum absolute atomic E-state index is 13.2. The summed E-state index contributed by atoms with van der Waals surface area (Å²) in [6.45, 7) is 0.